The molecule has 0 saturated heterocycles. The zero-order valence-electron chi connectivity index (χ0n) is 19.5. The number of nitrogens with zero attached hydrogens (tertiary/aromatic N) is 5. The van der Waals surface area contributed by atoms with Crippen LogP contribution in [0.25, 0.3) is 5.65 Å². The van der Waals surface area contributed by atoms with Crippen LogP contribution in [0.5, 0.6) is 5.75 Å². The van der Waals surface area contributed by atoms with Crippen LogP contribution in [0.2, 0.25) is 0 Å². The lowest BCUT2D eigenvalue weighted by atomic mass is 9.89. The normalized spacial score (nSPS) is 11.9. The van der Waals surface area contributed by atoms with Gasteiger partial charge in [-0.25, -0.2) is 9.50 Å². The summed E-state index contributed by atoms with van der Waals surface area (Å²) in [5.41, 5.74) is 7.63. The van der Waals surface area contributed by atoms with Crippen LogP contribution in [-0.2, 0) is 5.41 Å². The highest BCUT2D eigenvalue weighted by atomic mass is 32.2. The highest BCUT2D eigenvalue weighted by Crippen LogP contribution is 2.34. The Kier molecular flexibility index (Phi) is 7.30. The minimum atomic E-state index is -0.402. The molecule has 0 spiro atoms. The third-order valence-electron chi connectivity index (χ3n) is 4.75. The third kappa shape index (κ3) is 4.90. The summed E-state index contributed by atoms with van der Waals surface area (Å²) < 4.78 is 7.38. The van der Waals surface area contributed by atoms with Gasteiger partial charge in [0.05, 0.1) is 5.69 Å². The molecule has 0 aliphatic carbocycles. The lowest BCUT2D eigenvalue weighted by molar-refractivity contribution is 0.444. The van der Waals surface area contributed by atoms with E-state index in [0.29, 0.717) is 50.5 Å². The van der Waals surface area contributed by atoms with E-state index >= 15 is 0 Å². The Hall–Kier alpha value is -4.21. The standard InChI is InChI=1S/C25H25N7OS/c1-6-7-17(12-13-26)33-18-10-8-16(9-11-18)29-22-20(15-28)23-30-24(34-5)19(14-27)21(25(2,3)4)32(23)31-22/h6-13H,1,26H2,2-5H3,(H,29,31)/b13-12-,17-7+. The van der Waals surface area contributed by atoms with Crippen LogP contribution in [0.15, 0.2) is 66.1 Å². The number of thioether (sulfide) groups is 1. The third-order valence-corrected chi connectivity index (χ3v) is 5.44. The molecule has 0 radical (unpaired) electrons. The van der Waals surface area contributed by atoms with Gasteiger partial charge in [0.2, 0.25) is 0 Å². The molecule has 0 saturated carbocycles. The maximum atomic E-state index is 9.91. The molecule has 0 fully saturated rings. The Morgan fingerprint density at radius 2 is 1.88 bits per heavy atom. The molecular formula is C25H25N7OS. The number of aromatic nitrogens is 3. The highest BCUT2D eigenvalue weighted by Gasteiger charge is 2.28. The van der Waals surface area contributed by atoms with Crippen LogP contribution in [0.4, 0.5) is 11.5 Å². The van der Waals surface area contributed by atoms with Crippen molar-refractivity contribution in [2.45, 2.75) is 31.2 Å². The van der Waals surface area contributed by atoms with Gasteiger partial charge in [-0.2, -0.15) is 10.5 Å². The summed E-state index contributed by atoms with van der Waals surface area (Å²) in [4.78, 5) is 4.58. The number of hydrogen-bond donors (Lipinski definition) is 2. The maximum absolute atomic E-state index is 9.91. The fraction of sp³-hybridized carbons (Fsp3) is 0.200. The second-order valence-electron chi connectivity index (χ2n) is 8.19. The van der Waals surface area contributed by atoms with Crippen LogP contribution in [0.3, 0.4) is 0 Å². The van der Waals surface area contributed by atoms with E-state index in [4.69, 9.17) is 10.5 Å². The molecule has 0 atom stereocenters. The fourth-order valence-corrected chi connectivity index (χ4v) is 3.90. The van der Waals surface area contributed by atoms with Gasteiger partial charge in [0, 0.05) is 11.1 Å². The van der Waals surface area contributed by atoms with Crippen LogP contribution in [-0.4, -0.2) is 20.9 Å². The minimum Gasteiger partial charge on any atom is -0.457 e. The Morgan fingerprint density at radius 3 is 2.41 bits per heavy atom. The molecule has 0 bridgehead atoms. The van der Waals surface area contributed by atoms with E-state index in [1.807, 2.05) is 39.2 Å². The van der Waals surface area contributed by atoms with Gasteiger partial charge in [-0.1, -0.05) is 33.4 Å². The number of ether oxygens (including phenoxy) is 1. The van der Waals surface area contributed by atoms with Gasteiger partial charge < -0.3 is 15.8 Å². The van der Waals surface area contributed by atoms with Crippen molar-refractivity contribution in [1.82, 2.24) is 14.6 Å². The second-order valence-corrected chi connectivity index (χ2v) is 8.99. The SMILES string of the molecule is C=C/C=C(\C=C/N)Oc1ccc(Nc2nn3c(C(C)(C)C)c(C#N)c(SC)nc3c2C#N)cc1. The van der Waals surface area contributed by atoms with E-state index < -0.39 is 5.41 Å². The number of allylic oxidation sites excluding steroid dienone is 3. The molecule has 172 valence electrons. The van der Waals surface area contributed by atoms with Gasteiger partial charge in [0.15, 0.2) is 11.5 Å². The second kappa shape index (κ2) is 10.2. The molecule has 0 unspecified atom stereocenters. The van der Waals surface area contributed by atoms with Crippen molar-refractivity contribution in [3.05, 3.63) is 77.9 Å². The Morgan fingerprint density at radius 1 is 1.21 bits per heavy atom. The predicted octanol–water partition coefficient (Wildman–Crippen LogP) is 5.16. The van der Waals surface area contributed by atoms with Gasteiger partial charge in [-0.05, 0) is 48.9 Å². The van der Waals surface area contributed by atoms with Gasteiger partial charge >= 0.3 is 0 Å². The van der Waals surface area contributed by atoms with Crippen LogP contribution in [0.1, 0.15) is 37.6 Å². The van der Waals surface area contributed by atoms with E-state index in [1.165, 1.54) is 18.0 Å². The molecule has 3 aromatic rings. The minimum absolute atomic E-state index is 0.301. The quantitative estimate of drug-likeness (QED) is 0.210. The van der Waals surface area contributed by atoms with E-state index in [9.17, 15) is 10.5 Å². The largest absolute Gasteiger partial charge is 0.457 e. The number of rotatable bonds is 7. The maximum Gasteiger partial charge on any atom is 0.176 e. The number of fused-ring (bicyclic) bond motifs is 1. The van der Waals surface area contributed by atoms with Crippen LogP contribution >= 0.6 is 11.8 Å². The molecule has 9 heteroatoms. The van der Waals surface area contributed by atoms with Crippen LogP contribution in [0, 0.1) is 22.7 Å². The number of hydrogen-bond acceptors (Lipinski definition) is 8. The summed E-state index contributed by atoms with van der Waals surface area (Å²) in [5.74, 6) is 1.51. The monoisotopic (exact) mass is 471 g/mol. The Bertz CT molecular complexity index is 1360. The average molecular weight is 472 g/mol. The summed E-state index contributed by atoms with van der Waals surface area (Å²) in [6.07, 6.45) is 8.18. The lowest BCUT2D eigenvalue weighted by Gasteiger charge is -2.22. The van der Waals surface area contributed by atoms with Crippen molar-refractivity contribution in [1.29, 1.82) is 10.5 Å². The lowest BCUT2D eigenvalue weighted by Crippen LogP contribution is -2.20. The van der Waals surface area contributed by atoms with Gasteiger partial charge in [-0.3, -0.25) is 0 Å². The molecule has 0 aliphatic heterocycles. The van der Waals surface area contributed by atoms with Crippen molar-refractivity contribution >= 4 is 28.9 Å². The zero-order chi connectivity index (χ0) is 24.9. The average Bonchev–Trinajstić information content (AvgIpc) is 3.14. The summed E-state index contributed by atoms with van der Waals surface area (Å²) in [7, 11) is 0. The topological polar surface area (TPSA) is 125 Å². The van der Waals surface area contributed by atoms with Crippen molar-refractivity contribution in [2.24, 2.45) is 5.73 Å². The Balaban J connectivity index is 2.05. The van der Waals surface area contributed by atoms with Gasteiger partial charge in [-0.15, -0.1) is 16.9 Å². The Labute approximate surface area is 203 Å². The molecule has 1 aromatic carbocycles. The number of nitrogens with two attached hydrogens (primary N) is 1. The van der Waals surface area contributed by atoms with Gasteiger partial charge in [0.25, 0.3) is 0 Å². The predicted molar refractivity (Wildman–Crippen MR) is 135 cm³/mol. The molecule has 3 N–H and O–H groups in total. The fourth-order valence-electron chi connectivity index (χ4n) is 3.37. The van der Waals surface area contributed by atoms with Crippen molar-refractivity contribution in [2.75, 3.05) is 11.6 Å². The zero-order valence-corrected chi connectivity index (χ0v) is 20.3. The number of nitrogens with one attached hydrogen (secondary N) is 1. The first kappa shape index (κ1) is 24.4. The molecule has 2 heterocycles. The van der Waals surface area contributed by atoms with Crippen molar-refractivity contribution < 1.29 is 4.74 Å². The molecule has 0 aliphatic rings. The summed E-state index contributed by atoms with van der Waals surface area (Å²) in [6, 6.07) is 11.7. The van der Waals surface area contributed by atoms with Crippen molar-refractivity contribution in [3.8, 4) is 17.9 Å². The molecule has 0 amide bonds. The summed E-state index contributed by atoms with van der Waals surface area (Å²) in [5, 5.41) is 28.1. The van der Waals surface area contributed by atoms with Crippen LogP contribution < -0.4 is 15.8 Å². The molecule has 2 aromatic heterocycles. The number of nitriles is 2. The molecule has 8 nitrogen and oxygen atoms in total. The van der Waals surface area contributed by atoms with E-state index in [-0.39, 0.29) is 0 Å². The summed E-state index contributed by atoms with van der Waals surface area (Å²) >= 11 is 1.37. The molecule has 34 heavy (non-hydrogen) atoms. The summed E-state index contributed by atoms with van der Waals surface area (Å²) in [6.45, 7) is 9.67. The first-order valence-corrected chi connectivity index (χ1v) is 11.6. The first-order valence-electron chi connectivity index (χ1n) is 10.3. The smallest absolute Gasteiger partial charge is 0.176 e. The first-order chi connectivity index (χ1) is 16.3. The number of benzene rings is 1. The number of anilines is 2. The van der Waals surface area contributed by atoms with Gasteiger partial charge in [0.1, 0.15) is 39.8 Å². The molecule has 3 rings (SSSR count). The van der Waals surface area contributed by atoms with E-state index in [2.05, 4.69) is 34.1 Å². The molecular weight excluding hydrogens is 446 g/mol. The van der Waals surface area contributed by atoms with Crippen molar-refractivity contribution in [3.63, 3.8) is 0 Å². The highest BCUT2D eigenvalue weighted by molar-refractivity contribution is 7.98. The van der Waals surface area contributed by atoms with E-state index in [0.717, 1.165) is 0 Å². The van der Waals surface area contributed by atoms with E-state index in [1.54, 1.807) is 34.9 Å².